The number of carbonyl (C=O) groups excluding carboxylic acids is 2. The summed E-state index contributed by atoms with van der Waals surface area (Å²) in [6.07, 6.45) is 1.79. The Morgan fingerprint density at radius 1 is 1.15 bits per heavy atom. The number of methoxy groups -OCH3 is 1. The van der Waals surface area contributed by atoms with Crippen molar-refractivity contribution in [1.82, 2.24) is 10.9 Å². The number of halogens is 2. The second-order valence-corrected chi connectivity index (χ2v) is 6.30. The van der Waals surface area contributed by atoms with E-state index >= 15 is 0 Å². The quantitative estimate of drug-likeness (QED) is 0.538. The van der Waals surface area contributed by atoms with Crippen LogP contribution in [0.15, 0.2) is 53.0 Å². The van der Waals surface area contributed by atoms with Crippen molar-refractivity contribution in [3.8, 4) is 11.5 Å². The Kier molecular flexibility index (Phi) is 7.36. The van der Waals surface area contributed by atoms with Crippen LogP contribution in [-0.2, 0) is 9.59 Å². The molecule has 0 fully saturated rings. The maximum atomic E-state index is 13.5. The lowest BCUT2D eigenvalue weighted by atomic mass is 10.2. The number of amides is 2. The number of carbonyl (C=O) groups is 2. The van der Waals surface area contributed by atoms with Crippen LogP contribution in [0.25, 0.3) is 6.08 Å². The average Bonchev–Trinajstić information content (AvgIpc) is 2.66. The maximum absolute atomic E-state index is 13.5. The van der Waals surface area contributed by atoms with Gasteiger partial charge in [-0.1, -0.05) is 28.1 Å². The molecule has 0 aromatic heterocycles. The first kappa shape index (κ1) is 20.4. The molecule has 8 heteroatoms. The zero-order valence-corrected chi connectivity index (χ0v) is 16.2. The van der Waals surface area contributed by atoms with Gasteiger partial charge in [-0.15, -0.1) is 0 Å². The molecule has 6 nitrogen and oxygen atoms in total. The molecule has 0 saturated heterocycles. The van der Waals surface area contributed by atoms with Gasteiger partial charge in [0.25, 0.3) is 11.8 Å². The molecule has 2 rings (SSSR count). The first-order valence-corrected chi connectivity index (χ1v) is 8.72. The number of para-hydroxylation sites is 1. The van der Waals surface area contributed by atoms with Crippen LogP contribution in [0, 0.1) is 5.82 Å². The van der Waals surface area contributed by atoms with E-state index in [0.717, 1.165) is 4.47 Å². The van der Waals surface area contributed by atoms with Gasteiger partial charge in [0.15, 0.2) is 17.7 Å². The zero-order chi connectivity index (χ0) is 19.8. The third-order valence-electron chi connectivity index (χ3n) is 3.42. The second-order valence-electron chi connectivity index (χ2n) is 5.39. The molecule has 0 aliphatic heterocycles. The van der Waals surface area contributed by atoms with Gasteiger partial charge in [-0.3, -0.25) is 20.4 Å². The highest BCUT2D eigenvalue weighted by Crippen LogP contribution is 2.24. The predicted molar refractivity (Wildman–Crippen MR) is 103 cm³/mol. The lowest BCUT2D eigenvalue weighted by Gasteiger charge is -2.15. The highest BCUT2D eigenvalue weighted by atomic mass is 79.9. The summed E-state index contributed by atoms with van der Waals surface area (Å²) in [5, 5.41) is 0. The van der Waals surface area contributed by atoms with Gasteiger partial charge in [0.2, 0.25) is 0 Å². The van der Waals surface area contributed by atoms with Crippen molar-refractivity contribution in [3.05, 3.63) is 64.4 Å². The average molecular weight is 437 g/mol. The van der Waals surface area contributed by atoms with Gasteiger partial charge in [0.05, 0.1) is 7.11 Å². The van der Waals surface area contributed by atoms with Gasteiger partial charge in [-0.25, -0.2) is 4.39 Å². The van der Waals surface area contributed by atoms with Crippen molar-refractivity contribution in [2.24, 2.45) is 0 Å². The van der Waals surface area contributed by atoms with Crippen LogP contribution >= 0.6 is 15.9 Å². The smallest absolute Gasteiger partial charge is 0.279 e. The van der Waals surface area contributed by atoms with Crippen molar-refractivity contribution >= 4 is 33.8 Å². The minimum atomic E-state index is -1.00. The minimum Gasteiger partial charge on any atom is -0.496 e. The Labute approximate surface area is 164 Å². The van der Waals surface area contributed by atoms with Crippen molar-refractivity contribution < 1.29 is 23.5 Å². The largest absolute Gasteiger partial charge is 0.496 e. The first-order valence-electron chi connectivity index (χ1n) is 7.93. The molecular weight excluding hydrogens is 419 g/mol. The van der Waals surface area contributed by atoms with Crippen molar-refractivity contribution in [3.63, 3.8) is 0 Å². The molecule has 2 N–H and O–H groups in total. The monoisotopic (exact) mass is 436 g/mol. The fraction of sp³-hybridized carbons (Fsp3) is 0.158. The molecule has 142 valence electrons. The van der Waals surface area contributed by atoms with E-state index < -0.39 is 23.7 Å². The van der Waals surface area contributed by atoms with E-state index in [2.05, 4.69) is 26.8 Å². The van der Waals surface area contributed by atoms with Gasteiger partial charge in [0, 0.05) is 16.1 Å². The van der Waals surface area contributed by atoms with Crippen LogP contribution in [0.3, 0.4) is 0 Å². The number of benzene rings is 2. The van der Waals surface area contributed by atoms with Gasteiger partial charge in [-0.2, -0.15) is 0 Å². The van der Waals surface area contributed by atoms with E-state index in [-0.39, 0.29) is 5.75 Å². The summed E-state index contributed by atoms with van der Waals surface area (Å²) in [5.74, 6) is -1.21. The third kappa shape index (κ3) is 6.10. The van der Waals surface area contributed by atoms with Crippen LogP contribution in [0.2, 0.25) is 0 Å². The number of hydrogen-bond donors (Lipinski definition) is 2. The highest BCUT2D eigenvalue weighted by molar-refractivity contribution is 9.10. The Hall–Kier alpha value is -2.87. The molecule has 2 aromatic carbocycles. The lowest BCUT2D eigenvalue weighted by Crippen LogP contribution is -2.46. The van der Waals surface area contributed by atoms with Crippen molar-refractivity contribution in [1.29, 1.82) is 0 Å². The first-order chi connectivity index (χ1) is 12.9. The molecule has 27 heavy (non-hydrogen) atoms. The number of nitrogens with one attached hydrogen (secondary N) is 2. The Morgan fingerprint density at radius 3 is 2.59 bits per heavy atom. The Balaban J connectivity index is 1.88. The van der Waals surface area contributed by atoms with Gasteiger partial charge in [0.1, 0.15) is 5.75 Å². The van der Waals surface area contributed by atoms with Crippen LogP contribution in [0.5, 0.6) is 11.5 Å². The SMILES string of the molecule is COc1ccc(Br)cc1/C=C/C(=O)NNC(=O)C(C)Oc1ccccc1F. The summed E-state index contributed by atoms with van der Waals surface area (Å²) < 4.78 is 24.8. The molecule has 0 aliphatic carbocycles. The summed E-state index contributed by atoms with van der Waals surface area (Å²) in [6.45, 7) is 1.44. The van der Waals surface area contributed by atoms with Crippen LogP contribution in [0.4, 0.5) is 4.39 Å². The molecule has 1 atom stereocenters. The molecule has 2 aromatic rings. The molecule has 0 bridgehead atoms. The number of ether oxygens (including phenoxy) is 2. The molecule has 0 heterocycles. The topological polar surface area (TPSA) is 76.7 Å². The van der Waals surface area contributed by atoms with Gasteiger partial charge in [-0.05, 0) is 43.3 Å². The summed E-state index contributed by atoms with van der Waals surface area (Å²) in [6, 6.07) is 11.1. The normalized spacial score (nSPS) is 11.7. The fourth-order valence-electron chi connectivity index (χ4n) is 2.05. The number of rotatable bonds is 6. The summed E-state index contributed by atoms with van der Waals surface area (Å²) >= 11 is 3.34. The molecule has 0 spiro atoms. The summed E-state index contributed by atoms with van der Waals surface area (Å²) in [5.41, 5.74) is 5.14. The standard InChI is InChI=1S/C19H18BrFN2O4/c1-12(27-17-6-4-3-5-15(17)21)19(25)23-22-18(24)10-7-13-11-14(20)8-9-16(13)26-2/h3-12H,1-2H3,(H,22,24)(H,23,25)/b10-7+. The van der Waals surface area contributed by atoms with E-state index in [1.165, 1.54) is 38.3 Å². The molecule has 0 aliphatic rings. The van der Waals surface area contributed by atoms with Crippen LogP contribution < -0.4 is 20.3 Å². The molecule has 0 radical (unpaired) electrons. The van der Waals surface area contributed by atoms with E-state index in [1.54, 1.807) is 24.3 Å². The molecular formula is C19H18BrFN2O4. The Bertz CT molecular complexity index is 857. The Morgan fingerprint density at radius 2 is 1.89 bits per heavy atom. The van der Waals surface area contributed by atoms with Crippen LogP contribution in [-0.4, -0.2) is 25.0 Å². The number of hydrogen-bond acceptors (Lipinski definition) is 4. The van der Waals surface area contributed by atoms with Crippen LogP contribution in [0.1, 0.15) is 12.5 Å². The van der Waals surface area contributed by atoms with E-state index in [0.29, 0.717) is 11.3 Å². The maximum Gasteiger partial charge on any atom is 0.279 e. The van der Waals surface area contributed by atoms with Gasteiger partial charge >= 0.3 is 0 Å². The van der Waals surface area contributed by atoms with Crippen molar-refractivity contribution in [2.45, 2.75) is 13.0 Å². The van der Waals surface area contributed by atoms with Crippen molar-refractivity contribution in [2.75, 3.05) is 7.11 Å². The third-order valence-corrected chi connectivity index (χ3v) is 3.92. The molecule has 0 saturated carbocycles. The fourth-order valence-corrected chi connectivity index (χ4v) is 2.43. The minimum absolute atomic E-state index is 0.0480. The highest BCUT2D eigenvalue weighted by Gasteiger charge is 2.16. The predicted octanol–water partition coefficient (Wildman–Crippen LogP) is 3.22. The van der Waals surface area contributed by atoms with E-state index in [4.69, 9.17) is 9.47 Å². The zero-order valence-electron chi connectivity index (χ0n) is 14.7. The summed E-state index contributed by atoms with van der Waals surface area (Å²) in [7, 11) is 1.53. The molecule has 2 amide bonds. The van der Waals surface area contributed by atoms with Gasteiger partial charge < -0.3 is 9.47 Å². The second kappa shape index (κ2) is 9.72. The number of hydrazine groups is 1. The lowest BCUT2D eigenvalue weighted by molar-refractivity contribution is -0.131. The van der Waals surface area contributed by atoms with E-state index in [1.807, 2.05) is 6.07 Å². The molecule has 1 unspecified atom stereocenters. The summed E-state index contributed by atoms with van der Waals surface area (Å²) in [4.78, 5) is 23.8. The van der Waals surface area contributed by atoms with E-state index in [9.17, 15) is 14.0 Å².